The number of aliphatic hydroxyl groups is 1. The first-order valence-corrected chi connectivity index (χ1v) is 12.8. The zero-order valence-electron chi connectivity index (χ0n) is 22.6. The first-order valence-electron chi connectivity index (χ1n) is 12.8. The van der Waals surface area contributed by atoms with Gasteiger partial charge in [0.05, 0.1) is 25.6 Å². The molecule has 17 heteroatoms. The van der Waals surface area contributed by atoms with E-state index in [1.165, 1.54) is 0 Å². The molecular formula is C23H40N8O9. The summed E-state index contributed by atoms with van der Waals surface area (Å²) in [7, 11) is 0. The van der Waals surface area contributed by atoms with E-state index in [4.69, 9.17) is 11.5 Å². The molecule has 0 spiro atoms. The Bertz CT molecular complexity index is 955. The number of hydrogen-bond donors (Lipinski definition) is 9. The molecule has 0 radical (unpaired) electrons. The number of nitrogens with one attached hydrogen (secondary N) is 4. The minimum atomic E-state index is -1.65. The second kappa shape index (κ2) is 16.9. The Kier molecular flexibility index (Phi) is 14.3. The first kappa shape index (κ1) is 34.0. The van der Waals surface area contributed by atoms with Crippen LogP contribution in [0.2, 0.25) is 0 Å². The molecule has 0 unspecified atom stereocenters. The van der Waals surface area contributed by atoms with Gasteiger partial charge in [-0.25, -0.2) is 4.79 Å². The molecule has 0 aliphatic carbocycles. The van der Waals surface area contributed by atoms with Crippen LogP contribution in [0.15, 0.2) is 4.99 Å². The van der Waals surface area contributed by atoms with Crippen LogP contribution in [0.25, 0.3) is 0 Å². The number of carboxylic acid groups (broad SMARTS) is 2. The summed E-state index contributed by atoms with van der Waals surface area (Å²) in [5.41, 5.74) is 10.6. The first-order chi connectivity index (χ1) is 18.8. The number of amides is 4. The van der Waals surface area contributed by atoms with Crippen LogP contribution in [0, 0.1) is 0 Å². The fourth-order valence-electron chi connectivity index (χ4n) is 4.06. The monoisotopic (exact) mass is 572 g/mol. The number of rotatable bonds is 17. The molecule has 4 atom stereocenters. The molecule has 0 aromatic carbocycles. The van der Waals surface area contributed by atoms with E-state index in [2.05, 4.69) is 26.3 Å². The molecule has 0 saturated carbocycles. The Hall–Kier alpha value is -3.99. The summed E-state index contributed by atoms with van der Waals surface area (Å²) in [6.07, 6.45) is 0.588. The summed E-state index contributed by atoms with van der Waals surface area (Å²) in [6, 6.07) is -5.07. The van der Waals surface area contributed by atoms with Crippen LogP contribution < -0.4 is 32.7 Å². The van der Waals surface area contributed by atoms with Crippen molar-refractivity contribution < 1.29 is 44.1 Å². The number of aliphatic imine (C=N–C) groups is 1. The molecular weight excluding hydrogens is 532 g/mol. The lowest BCUT2D eigenvalue weighted by Crippen LogP contribution is -2.58. The summed E-state index contributed by atoms with van der Waals surface area (Å²) in [5.74, 6) is -6.08. The van der Waals surface area contributed by atoms with Crippen LogP contribution in [0.4, 0.5) is 0 Å². The molecule has 1 rings (SSSR count). The molecule has 4 amide bonds. The van der Waals surface area contributed by atoms with Crippen molar-refractivity contribution in [2.75, 3.05) is 26.2 Å². The maximum atomic E-state index is 12.8. The van der Waals surface area contributed by atoms with E-state index in [0.29, 0.717) is 25.8 Å². The Morgan fingerprint density at radius 2 is 1.68 bits per heavy atom. The van der Waals surface area contributed by atoms with E-state index >= 15 is 0 Å². The van der Waals surface area contributed by atoms with Crippen molar-refractivity contribution >= 4 is 41.5 Å². The second-order valence-electron chi connectivity index (χ2n) is 9.53. The van der Waals surface area contributed by atoms with Gasteiger partial charge in [0.15, 0.2) is 5.96 Å². The summed E-state index contributed by atoms with van der Waals surface area (Å²) in [4.78, 5) is 78.2. The van der Waals surface area contributed by atoms with Crippen molar-refractivity contribution in [3.63, 3.8) is 0 Å². The maximum absolute atomic E-state index is 12.8. The quantitative estimate of drug-likeness (QED) is 0.0458. The Labute approximate surface area is 231 Å². The minimum Gasteiger partial charge on any atom is -0.481 e. The highest BCUT2D eigenvalue weighted by Crippen LogP contribution is 2.18. The van der Waals surface area contributed by atoms with Crippen LogP contribution in [0.1, 0.15) is 46.0 Å². The standard InChI is InChI=1S/C23H40N8O9/c1-12(2)28-13(5-3-7-26-23(24)25)19(36)27-10-17(33)29-14(9-18(34)35)20(37)30-15(11-32)21(38)31-8-4-6-16(31)22(39)40/h12-16,28,32H,3-11H2,1-2H3,(H,27,36)(H,29,33)(H,30,37)(H,34,35)(H,39,40)(H4,24,25,26)/t13-,14-,15-,16-/m0/s1. The predicted octanol–water partition coefficient (Wildman–Crippen LogP) is -3.96. The third kappa shape index (κ3) is 11.8. The van der Waals surface area contributed by atoms with Gasteiger partial charge < -0.3 is 53.0 Å². The molecule has 40 heavy (non-hydrogen) atoms. The zero-order valence-corrected chi connectivity index (χ0v) is 22.6. The van der Waals surface area contributed by atoms with Crippen molar-refractivity contribution in [1.29, 1.82) is 0 Å². The van der Waals surface area contributed by atoms with E-state index in [1.807, 2.05) is 13.8 Å². The average Bonchev–Trinajstić information content (AvgIpc) is 3.36. The number of aliphatic carboxylic acids is 2. The van der Waals surface area contributed by atoms with Gasteiger partial charge in [0.2, 0.25) is 23.6 Å². The van der Waals surface area contributed by atoms with Crippen LogP contribution in [0.5, 0.6) is 0 Å². The van der Waals surface area contributed by atoms with Crippen LogP contribution in [0.3, 0.4) is 0 Å². The molecule has 11 N–H and O–H groups in total. The molecule has 0 aromatic heterocycles. The largest absolute Gasteiger partial charge is 0.481 e. The summed E-state index contributed by atoms with van der Waals surface area (Å²) < 4.78 is 0. The maximum Gasteiger partial charge on any atom is 0.326 e. The van der Waals surface area contributed by atoms with E-state index in [0.717, 1.165) is 4.90 Å². The van der Waals surface area contributed by atoms with Crippen LogP contribution in [-0.2, 0) is 28.8 Å². The molecule has 226 valence electrons. The number of likely N-dealkylation sites (tertiary alicyclic amines) is 1. The van der Waals surface area contributed by atoms with Gasteiger partial charge >= 0.3 is 11.9 Å². The van der Waals surface area contributed by atoms with E-state index < -0.39 is 79.3 Å². The van der Waals surface area contributed by atoms with Gasteiger partial charge in [0.25, 0.3) is 0 Å². The highest BCUT2D eigenvalue weighted by atomic mass is 16.4. The average molecular weight is 573 g/mol. The molecule has 1 heterocycles. The minimum absolute atomic E-state index is 0.0650. The van der Waals surface area contributed by atoms with Crippen molar-refractivity contribution in [2.24, 2.45) is 16.5 Å². The molecule has 1 saturated heterocycles. The van der Waals surface area contributed by atoms with Gasteiger partial charge in [-0.15, -0.1) is 0 Å². The smallest absolute Gasteiger partial charge is 0.326 e. The van der Waals surface area contributed by atoms with Gasteiger partial charge in [-0.3, -0.25) is 29.0 Å². The number of nitrogens with zero attached hydrogens (tertiary/aromatic N) is 2. The molecule has 1 aliphatic rings. The highest BCUT2D eigenvalue weighted by Gasteiger charge is 2.38. The van der Waals surface area contributed by atoms with Gasteiger partial charge in [-0.05, 0) is 25.7 Å². The number of carbonyl (C=O) groups is 6. The van der Waals surface area contributed by atoms with Crippen molar-refractivity contribution in [3.8, 4) is 0 Å². The summed E-state index contributed by atoms with van der Waals surface area (Å²) in [5, 5.41) is 38.0. The van der Waals surface area contributed by atoms with Crippen molar-refractivity contribution in [3.05, 3.63) is 0 Å². The normalized spacial score (nSPS) is 16.9. The van der Waals surface area contributed by atoms with Gasteiger partial charge in [-0.1, -0.05) is 13.8 Å². The van der Waals surface area contributed by atoms with Gasteiger partial charge in [0.1, 0.15) is 18.1 Å². The molecule has 1 aliphatic heterocycles. The number of hydrogen-bond acceptors (Lipinski definition) is 9. The molecule has 0 aromatic rings. The number of nitrogens with two attached hydrogens (primary N) is 2. The molecule has 0 bridgehead atoms. The fraction of sp³-hybridized carbons (Fsp3) is 0.696. The van der Waals surface area contributed by atoms with Crippen LogP contribution in [-0.4, -0.2) is 118 Å². The number of carboxylic acids is 2. The number of aliphatic hydroxyl groups excluding tert-OH is 1. The zero-order chi connectivity index (χ0) is 30.4. The highest BCUT2D eigenvalue weighted by molar-refractivity contribution is 5.96. The van der Waals surface area contributed by atoms with Crippen molar-refractivity contribution in [1.82, 2.24) is 26.2 Å². The Morgan fingerprint density at radius 1 is 1.00 bits per heavy atom. The van der Waals surface area contributed by atoms with E-state index in [-0.39, 0.29) is 25.0 Å². The summed E-state index contributed by atoms with van der Waals surface area (Å²) in [6.45, 7) is 2.60. The summed E-state index contributed by atoms with van der Waals surface area (Å²) >= 11 is 0. The third-order valence-corrected chi connectivity index (χ3v) is 5.87. The predicted molar refractivity (Wildman–Crippen MR) is 141 cm³/mol. The van der Waals surface area contributed by atoms with Crippen molar-refractivity contribution in [2.45, 2.75) is 76.2 Å². The SMILES string of the molecule is CC(C)N[C@@H](CCCN=C(N)N)C(=O)NCC(=O)N[C@@H](CC(=O)O)C(=O)N[C@@H](CO)C(=O)N1CCC[C@H]1C(=O)O. The lowest BCUT2D eigenvalue weighted by Gasteiger charge is -2.27. The number of carbonyl (C=O) groups excluding carboxylic acids is 4. The van der Waals surface area contributed by atoms with E-state index in [1.54, 1.807) is 0 Å². The number of guanidine groups is 1. The van der Waals surface area contributed by atoms with Gasteiger partial charge in [-0.2, -0.15) is 0 Å². The lowest BCUT2D eigenvalue weighted by atomic mass is 10.1. The fourth-order valence-corrected chi connectivity index (χ4v) is 4.06. The lowest BCUT2D eigenvalue weighted by molar-refractivity contribution is -0.150. The topological polar surface area (TPSA) is 279 Å². The molecule has 1 fully saturated rings. The Morgan fingerprint density at radius 3 is 2.23 bits per heavy atom. The third-order valence-electron chi connectivity index (χ3n) is 5.87. The van der Waals surface area contributed by atoms with E-state index in [9.17, 15) is 44.1 Å². The van der Waals surface area contributed by atoms with Crippen LogP contribution >= 0.6 is 0 Å². The molecule has 17 nitrogen and oxygen atoms in total. The second-order valence-corrected chi connectivity index (χ2v) is 9.53. The van der Waals surface area contributed by atoms with Gasteiger partial charge in [0, 0.05) is 19.1 Å². The Balaban J connectivity index is 2.79.